The number of hydrogen-bond acceptors (Lipinski definition) is 5. The highest BCUT2D eigenvalue weighted by atomic mass is 16.1. The molecule has 0 aromatic carbocycles. The molecule has 14 heavy (non-hydrogen) atoms. The number of rotatable bonds is 1. The quantitative estimate of drug-likeness (QED) is 0.647. The molecule has 2 aromatic rings. The number of aromatic nitrogens is 4. The van der Waals surface area contributed by atoms with Gasteiger partial charge in [0, 0.05) is 6.20 Å². The molecule has 2 heterocycles. The summed E-state index contributed by atoms with van der Waals surface area (Å²) in [5.74, 6) is 0.162. The fourth-order valence-corrected chi connectivity index (χ4v) is 0.964. The monoisotopic (exact) mass is 189 g/mol. The van der Waals surface area contributed by atoms with Crippen LogP contribution in [0.1, 0.15) is 0 Å². The Balaban J connectivity index is 2.54. The van der Waals surface area contributed by atoms with Crippen LogP contribution in [0.3, 0.4) is 0 Å². The summed E-state index contributed by atoms with van der Waals surface area (Å²) >= 11 is 0. The molecule has 6 heteroatoms. The molecule has 0 aliphatic carbocycles. The minimum absolute atomic E-state index is 0.148. The fraction of sp³-hybridized carbons (Fsp3) is 0. The Kier molecular flexibility index (Phi) is 1.94. The molecule has 70 valence electrons. The molecule has 0 radical (unpaired) electrons. The lowest BCUT2D eigenvalue weighted by Gasteiger charge is -1.97. The number of pyridine rings is 1. The Morgan fingerprint density at radius 1 is 1.29 bits per heavy atom. The molecular weight excluding hydrogens is 182 g/mol. The first-order valence-electron chi connectivity index (χ1n) is 3.91. The lowest BCUT2D eigenvalue weighted by Crippen LogP contribution is -2.16. The number of H-pyrrole nitrogens is 1. The zero-order chi connectivity index (χ0) is 9.97. The minimum Gasteiger partial charge on any atom is -0.378 e. The minimum atomic E-state index is -0.458. The second kappa shape index (κ2) is 3.25. The van der Waals surface area contributed by atoms with Gasteiger partial charge in [-0.15, -0.1) is 10.2 Å². The molecule has 0 unspecified atom stereocenters. The van der Waals surface area contributed by atoms with Crippen molar-refractivity contribution in [2.24, 2.45) is 0 Å². The van der Waals surface area contributed by atoms with E-state index >= 15 is 0 Å². The van der Waals surface area contributed by atoms with E-state index in [0.717, 1.165) is 0 Å². The molecule has 0 aliphatic heterocycles. The molecule has 0 saturated heterocycles. The van der Waals surface area contributed by atoms with Crippen LogP contribution in [0.4, 0.5) is 5.82 Å². The lowest BCUT2D eigenvalue weighted by atomic mass is 10.3. The van der Waals surface area contributed by atoms with Crippen LogP contribution in [-0.4, -0.2) is 20.2 Å². The molecule has 0 spiro atoms. The number of aromatic amines is 1. The number of anilines is 1. The van der Waals surface area contributed by atoms with Gasteiger partial charge in [-0.3, -0.25) is 9.78 Å². The average molecular weight is 189 g/mol. The molecule has 0 bridgehead atoms. The maximum absolute atomic E-state index is 11.1. The average Bonchev–Trinajstić information content (AvgIpc) is 2.23. The van der Waals surface area contributed by atoms with E-state index in [4.69, 9.17) is 5.73 Å². The summed E-state index contributed by atoms with van der Waals surface area (Å²) in [7, 11) is 0. The van der Waals surface area contributed by atoms with Gasteiger partial charge in [-0.05, 0) is 12.1 Å². The molecule has 2 rings (SSSR count). The van der Waals surface area contributed by atoms with Gasteiger partial charge in [0.05, 0.1) is 0 Å². The fourth-order valence-electron chi connectivity index (χ4n) is 0.964. The Labute approximate surface area is 78.8 Å². The molecular formula is C8H7N5O. The van der Waals surface area contributed by atoms with Gasteiger partial charge >= 0.3 is 0 Å². The summed E-state index contributed by atoms with van der Waals surface area (Å²) < 4.78 is 0. The van der Waals surface area contributed by atoms with Gasteiger partial charge in [0.2, 0.25) is 5.82 Å². The van der Waals surface area contributed by atoms with Crippen LogP contribution < -0.4 is 11.3 Å². The van der Waals surface area contributed by atoms with Crippen molar-refractivity contribution in [3.8, 4) is 11.5 Å². The summed E-state index contributed by atoms with van der Waals surface area (Å²) in [5.41, 5.74) is 5.32. The number of nitrogens with two attached hydrogens (primary N) is 1. The van der Waals surface area contributed by atoms with E-state index in [1.807, 2.05) is 0 Å². The van der Waals surface area contributed by atoms with Crippen molar-refractivity contribution in [3.05, 3.63) is 34.7 Å². The van der Waals surface area contributed by atoms with Gasteiger partial charge in [0.1, 0.15) is 5.69 Å². The van der Waals surface area contributed by atoms with E-state index in [9.17, 15) is 4.79 Å². The molecule has 0 aliphatic rings. The molecule has 0 amide bonds. The normalized spacial score (nSPS) is 10.0. The van der Waals surface area contributed by atoms with Gasteiger partial charge < -0.3 is 10.7 Å². The van der Waals surface area contributed by atoms with E-state index < -0.39 is 5.56 Å². The van der Waals surface area contributed by atoms with Crippen LogP contribution in [0.25, 0.3) is 11.5 Å². The van der Waals surface area contributed by atoms with Gasteiger partial charge in [0.25, 0.3) is 5.56 Å². The number of nitrogens with zero attached hydrogens (tertiary/aromatic N) is 3. The standard InChI is InChI=1S/C8H7N5O/c9-6-8(14)11-7(13-12-6)5-3-1-2-4-10-5/h1-4H,(H2,9,12)(H,11,13,14). The topological polar surface area (TPSA) is 97.5 Å². The first-order chi connectivity index (χ1) is 6.77. The van der Waals surface area contributed by atoms with Crippen molar-refractivity contribution in [2.45, 2.75) is 0 Å². The summed E-state index contributed by atoms with van der Waals surface area (Å²) in [6.07, 6.45) is 1.60. The first kappa shape index (κ1) is 8.36. The molecule has 0 atom stereocenters. The summed E-state index contributed by atoms with van der Waals surface area (Å²) in [4.78, 5) is 17.6. The summed E-state index contributed by atoms with van der Waals surface area (Å²) in [5, 5.41) is 7.22. The number of hydrogen-bond donors (Lipinski definition) is 2. The molecule has 0 saturated carbocycles. The highest BCUT2D eigenvalue weighted by Gasteiger charge is 2.03. The van der Waals surface area contributed by atoms with E-state index in [1.54, 1.807) is 24.4 Å². The predicted molar refractivity (Wildman–Crippen MR) is 50.3 cm³/mol. The smallest absolute Gasteiger partial charge is 0.294 e. The van der Waals surface area contributed by atoms with E-state index in [-0.39, 0.29) is 5.82 Å². The molecule has 2 aromatic heterocycles. The summed E-state index contributed by atoms with van der Waals surface area (Å²) in [6.45, 7) is 0. The van der Waals surface area contributed by atoms with Crippen molar-refractivity contribution in [1.29, 1.82) is 0 Å². The van der Waals surface area contributed by atoms with Crippen LogP contribution in [-0.2, 0) is 0 Å². The Morgan fingerprint density at radius 2 is 2.14 bits per heavy atom. The third-order valence-corrected chi connectivity index (χ3v) is 1.63. The summed E-state index contributed by atoms with van der Waals surface area (Å²) in [6, 6.07) is 5.28. The maximum atomic E-state index is 11.1. The molecule has 6 nitrogen and oxygen atoms in total. The largest absolute Gasteiger partial charge is 0.378 e. The highest BCUT2D eigenvalue weighted by molar-refractivity contribution is 5.47. The van der Waals surface area contributed by atoms with Gasteiger partial charge in [0.15, 0.2) is 5.82 Å². The highest BCUT2D eigenvalue weighted by Crippen LogP contribution is 2.06. The van der Waals surface area contributed by atoms with Gasteiger partial charge in [-0.25, -0.2) is 0 Å². The zero-order valence-corrected chi connectivity index (χ0v) is 7.14. The van der Waals surface area contributed by atoms with Crippen molar-refractivity contribution in [3.63, 3.8) is 0 Å². The van der Waals surface area contributed by atoms with Crippen LogP contribution >= 0.6 is 0 Å². The Bertz CT molecular complexity index is 493. The van der Waals surface area contributed by atoms with Crippen molar-refractivity contribution in [1.82, 2.24) is 20.2 Å². The lowest BCUT2D eigenvalue weighted by molar-refractivity contribution is 0.958. The Morgan fingerprint density at radius 3 is 2.79 bits per heavy atom. The second-order valence-electron chi connectivity index (χ2n) is 2.60. The first-order valence-corrected chi connectivity index (χ1v) is 3.91. The zero-order valence-electron chi connectivity index (χ0n) is 7.14. The van der Waals surface area contributed by atoms with Crippen LogP contribution in [0.5, 0.6) is 0 Å². The SMILES string of the molecule is Nc1nnc(-c2ccccn2)[nH]c1=O. The van der Waals surface area contributed by atoms with Gasteiger partial charge in [-0.2, -0.15) is 0 Å². The third kappa shape index (κ3) is 1.45. The van der Waals surface area contributed by atoms with Gasteiger partial charge in [-0.1, -0.05) is 6.07 Å². The van der Waals surface area contributed by atoms with Crippen LogP contribution in [0.2, 0.25) is 0 Å². The maximum Gasteiger partial charge on any atom is 0.294 e. The Hall–Kier alpha value is -2.24. The van der Waals surface area contributed by atoms with Crippen LogP contribution in [0.15, 0.2) is 29.2 Å². The van der Waals surface area contributed by atoms with E-state index in [0.29, 0.717) is 11.5 Å². The number of nitrogen functional groups attached to an aromatic ring is 1. The third-order valence-electron chi connectivity index (χ3n) is 1.63. The van der Waals surface area contributed by atoms with E-state index in [2.05, 4.69) is 20.2 Å². The second-order valence-corrected chi connectivity index (χ2v) is 2.60. The van der Waals surface area contributed by atoms with Crippen molar-refractivity contribution in [2.75, 3.05) is 5.73 Å². The van der Waals surface area contributed by atoms with E-state index in [1.165, 1.54) is 0 Å². The molecule has 3 N–H and O–H groups in total. The van der Waals surface area contributed by atoms with Crippen molar-refractivity contribution >= 4 is 5.82 Å². The van der Waals surface area contributed by atoms with Crippen molar-refractivity contribution < 1.29 is 0 Å². The van der Waals surface area contributed by atoms with Crippen LogP contribution in [0, 0.1) is 0 Å². The number of nitrogens with one attached hydrogen (secondary N) is 1. The molecule has 0 fully saturated rings. The predicted octanol–water partition coefficient (Wildman–Crippen LogP) is -0.191.